The molecule has 2 rings (SSSR count). The highest BCUT2D eigenvalue weighted by molar-refractivity contribution is 5.02. The molecule has 2 unspecified atom stereocenters. The molecule has 3 nitrogen and oxygen atoms in total. The van der Waals surface area contributed by atoms with Crippen molar-refractivity contribution in [1.29, 1.82) is 0 Å². The second kappa shape index (κ2) is 6.11. The lowest BCUT2D eigenvalue weighted by molar-refractivity contribution is -0.132. The molecule has 2 atom stereocenters. The van der Waals surface area contributed by atoms with Crippen LogP contribution in [0.15, 0.2) is 0 Å². The molecule has 0 bridgehead atoms. The van der Waals surface area contributed by atoms with Gasteiger partial charge in [-0.2, -0.15) is 0 Å². The van der Waals surface area contributed by atoms with E-state index < -0.39 is 0 Å². The van der Waals surface area contributed by atoms with Crippen molar-refractivity contribution in [3.05, 3.63) is 0 Å². The van der Waals surface area contributed by atoms with E-state index in [1.165, 1.54) is 38.6 Å². The van der Waals surface area contributed by atoms with Gasteiger partial charge in [-0.15, -0.1) is 0 Å². The van der Waals surface area contributed by atoms with Crippen molar-refractivity contribution in [3.63, 3.8) is 0 Å². The van der Waals surface area contributed by atoms with Gasteiger partial charge in [-0.25, -0.2) is 0 Å². The average molecular weight is 268 g/mol. The highest BCUT2D eigenvalue weighted by Gasteiger charge is 2.46. The molecule has 0 aromatic rings. The summed E-state index contributed by atoms with van der Waals surface area (Å²) < 4.78 is 5.93. The summed E-state index contributed by atoms with van der Waals surface area (Å²) in [5.41, 5.74) is 6.41. The molecule has 0 aliphatic carbocycles. The van der Waals surface area contributed by atoms with E-state index in [1.54, 1.807) is 0 Å². The molecule has 19 heavy (non-hydrogen) atoms. The SMILES string of the molecule is CCCC1CCCCN1C1(CN)CCOC(C)(C)C1. The lowest BCUT2D eigenvalue weighted by atomic mass is 9.77. The van der Waals surface area contributed by atoms with Gasteiger partial charge in [0.25, 0.3) is 0 Å². The van der Waals surface area contributed by atoms with Crippen molar-refractivity contribution in [2.45, 2.75) is 82.9 Å². The first-order valence-corrected chi connectivity index (χ1v) is 8.14. The van der Waals surface area contributed by atoms with Gasteiger partial charge in [0.2, 0.25) is 0 Å². The number of ether oxygens (including phenoxy) is 1. The molecular weight excluding hydrogens is 236 g/mol. The average Bonchev–Trinajstić information content (AvgIpc) is 2.38. The summed E-state index contributed by atoms with van der Waals surface area (Å²) in [6.45, 7) is 9.61. The lowest BCUT2D eigenvalue weighted by Gasteiger charge is -2.54. The Labute approximate surface area is 118 Å². The van der Waals surface area contributed by atoms with Crippen LogP contribution in [0.1, 0.15) is 65.7 Å². The standard InChI is InChI=1S/C16H32N2O/c1-4-7-14-8-5-6-10-18(14)16(13-17)9-11-19-15(2,3)12-16/h14H,4-13,17H2,1-3H3. The van der Waals surface area contributed by atoms with Gasteiger partial charge in [0, 0.05) is 24.7 Å². The van der Waals surface area contributed by atoms with E-state index in [4.69, 9.17) is 10.5 Å². The molecule has 0 aromatic carbocycles. The van der Waals surface area contributed by atoms with Crippen LogP contribution in [0.5, 0.6) is 0 Å². The second-order valence-electron chi connectivity index (χ2n) is 7.10. The third kappa shape index (κ3) is 3.32. The van der Waals surface area contributed by atoms with Gasteiger partial charge in [0.05, 0.1) is 5.60 Å². The van der Waals surface area contributed by atoms with Crippen molar-refractivity contribution in [2.75, 3.05) is 19.7 Å². The minimum Gasteiger partial charge on any atom is -0.375 e. The Balaban J connectivity index is 2.17. The maximum Gasteiger partial charge on any atom is 0.0644 e. The maximum absolute atomic E-state index is 6.25. The lowest BCUT2D eigenvalue weighted by Crippen LogP contribution is -2.64. The number of nitrogens with two attached hydrogens (primary N) is 1. The topological polar surface area (TPSA) is 38.5 Å². The zero-order chi connectivity index (χ0) is 13.9. The van der Waals surface area contributed by atoms with Gasteiger partial charge in [-0.1, -0.05) is 19.8 Å². The van der Waals surface area contributed by atoms with Crippen LogP contribution >= 0.6 is 0 Å². The van der Waals surface area contributed by atoms with Crippen LogP contribution < -0.4 is 5.73 Å². The number of piperidine rings is 1. The Hall–Kier alpha value is -0.120. The molecule has 2 aliphatic heterocycles. The number of nitrogens with zero attached hydrogens (tertiary/aromatic N) is 1. The van der Waals surface area contributed by atoms with Crippen LogP contribution in [0.4, 0.5) is 0 Å². The zero-order valence-electron chi connectivity index (χ0n) is 13.1. The fourth-order valence-electron chi connectivity index (χ4n) is 4.24. The summed E-state index contributed by atoms with van der Waals surface area (Å²) in [5, 5.41) is 0. The number of likely N-dealkylation sites (tertiary alicyclic amines) is 1. The van der Waals surface area contributed by atoms with Crippen LogP contribution in [0.25, 0.3) is 0 Å². The van der Waals surface area contributed by atoms with E-state index in [-0.39, 0.29) is 11.1 Å². The maximum atomic E-state index is 6.25. The minimum absolute atomic E-state index is 0.0220. The summed E-state index contributed by atoms with van der Waals surface area (Å²) in [6, 6.07) is 0.746. The zero-order valence-corrected chi connectivity index (χ0v) is 13.1. The highest BCUT2D eigenvalue weighted by atomic mass is 16.5. The van der Waals surface area contributed by atoms with Crippen molar-refractivity contribution in [1.82, 2.24) is 4.90 Å². The second-order valence-corrected chi connectivity index (χ2v) is 7.10. The minimum atomic E-state index is -0.0220. The highest BCUT2D eigenvalue weighted by Crippen LogP contribution is 2.39. The van der Waals surface area contributed by atoms with Gasteiger partial charge in [-0.05, 0) is 52.5 Å². The molecule has 2 fully saturated rings. The van der Waals surface area contributed by atoms with Crippen molar-refractivity contribution in [3.8, 4) is 0 Å². The first-order valence-electron chi connectivity index (χ1n) is 8.14. The first kappa shape index (κ1) is 15.3. The molecule has 3 heteroatoms. The summed E-state index contributed by atoms with van der Waals surface area (Å²) in [6.07, 6.45) is 8.87. The van der Waals surface area contributed by atoms with E-state index in [1.807, 2.05) is 0 Å². The third-order valence-corrected chi connectivity index (χ3v) is 5.05. The summed E-state index contributed by atoms with van der Waals surface area (Å²) in [5.74, 6) is 0. The van der Waals surface area contributed by atoms with Crippen molar-refractivity contribution >= 4 is 0 Å². The van der Waals surface area contributed by atoms with Gasteiger partial charge in [0.15, 0.2) is 0 Å². The normalized spacial score (nSPS) is 36.3. The van der Waals surface area contributed by atoms with Crippen molar-refractivity contribution in [2.24, 2.45) is 5.73 Å². The Morgan fingerprint density at radius 2 is 2.11 bits per heavy atom. The van der Waals surface area contributed by atoms with Crippen LogP contribution in [0, 0.1) is 0 Å². The quantitative estimate of drug-likeness (QED) is 0.852. The fraction of sp³-hybridized carbons (Fsp3) is 1.00. The van der Waals surface area contributed by atoms with E-state index in [0.29, 0.717) is 0 Å². The Kier molecular flexibility index (Phi) is 4.91. The molecule has 2 N–H and O–H groups in total. The molecule has 0 spiro atoms. The van der Waals surface area contributed by atoms with Gasteiger partial charge in [0.1, 0.15) is 0 Å². The fourth-order valence-corrected chi connectivity index (χ4v) is 4.24. The molecule has 2 saturated heterocycles. The van der Waals surface area contributed by atoms with Crippen LogP contribution in [-0.2, 0) is 4.74 Å². The van der Waals surface area contributed by atoms with Crippen LogP contribution in [0.3, 0.4) is 0 Å². The molecule has 2 aliphatic rings. The molecular formula is C16H32N2O. The van der Waals surface area contributed by atoms with E-state index in [2.05, 4.69) is 25.7 Å². The Morgan fingerprint density at radius 3 is 2.74 bits per heavy atom. The summed E-state index contributed by atoms with van der Waals surface area (Å²) in [7, 11) is 0. The van der Waals surface area contributed by atoms with Crippen molar-refractivity contribution < 1.29 is 4.74 Å². The first-order chi connectivity index (χ1) is 9.03. The van der Waals surface area contributed by atoms with Gasteiger partial charge < -0.3 is 10.5 Å². The largest absolute Gasteiger partial charge is 0.375 e. The Morgan fingerprint density at radius 1 is 1.32 bits per heavy atom. The van der Waals surface area contributed by atoms with E-state index in [0.717, 1.165) is 32.0 Å². The third-order valence-electron chi connectivity index (χ3n) is 5.05. The molecule has 0 amide bonds. The van der Waals surface area contributed by atoms with E-state index >= 15 is 0 Å². The number of hydrogen-bond donors (Lipinski definition) is 1. The molecule has 0 radical (unpaired) electrons. The molecule has 2 heterocycles. The predicted molar refractivity (Wildman–Crippen MR) is 80.3 cm³/mol. The monoisotopic (exact) mass is 268 g/mol. The number of rotatable bonds is 4. The Bertz CT molecular complexity index is 290. The molecule has 0 saturated carbocycles. The molecule has 112 valence electrons. The van der Waals surface area contributed by atoms with E-state index in [9.17, 15) is 0 Å². The van der Waals surface area contributed by atoms with Crippen LogP contribution in [0.2, 0.25) is 0 Å². The number of hydrogen-bond acceptors (Lipinski definition) is 3. The molecule has 0 aromatic heterocycles. The van der Waals surface area contributed by atoms with Gasteiger partial charge >= 0.3 is 0 Å². The predicted octanol–water partition coefficient (Wildman–Crippen LogP) is 2.93. The summed E-state index contributed by atoms with van der Waals surface area (Å²) >= 11 is 0. The smallest absolute Gasteiger partial charge is 0.0644 e. The summed E-state index contributed by atoms with van der Waals surface area (Å²) in [4.78, 5) is 2.77. The van der Waals surface area contributed by atoms with Crippen LogP contribution in [-0.4, -0.2) is 41.8 Å². The van der Waals surface area contributed by atoms with Gasteiger partial charge in [-0.3, -0.25) is 4.90 Å².